The van der Waals surface area contributed by atoms with Crippen LogP contribution in [0, 0.1) is 17.3 Å². The topological polar surface area (TPSA) is 84.2 Å². The van der Waals surface area contributed by atoms with Gasteiger partial charge in [-0.3, -0.25) is 14.3 Å². The van der Waals surface area contributed by atoms with Crippen molar-refractivity contribution in [2.75, 3.05) is 5.32 Å². The van der Waals surface area contributed by atoms with Crippen molar-refractivity contribution in [3.05, 3.63) is 11.8 Å². The van der Waals surface area contributed by atoms with E-state index in [0.717, 1.165) is 12.2 Å². The zero-order valence-electron chi connectivity index (χ0n) is 12.6. The van der Waals surface area contributed by atoms with Crippen LogP contribution >= 0.6 is 0 Å². The monoisotopic (exact) mass is 291 g/mol. The van der Waals surface area contributed by atoms with E-state index < -0.39 is 23.2 Å². The van der Waals surface area contributed by atoms with Crippen LogP contribution in [0.5, 0.6) is 0 Å². The van der Waals surface area contributed by atoms with E-state index in [0.29, 0.717) is 11.7 Å². The number of nitrogens with one attached hydrogen (secondary N) is 1. The highest BCUT2D eigenvalue weighted by atomic mass is 16.4. The molecule has 2 fully saturated rings. The van der Waals surface area contributed by atoms with Crippen molar-refractivity contribution in [3.8, 4) is 0 Å². The van der Waals surface area contributed by atoms with E-state index in [4.69, 9.17) is 5.11 Å². The Morgan fingerprint density at radius 1 is 1.43 bits per heavy atom. The largest absolute Gasteiger partial charge is 0.481 e. The molecule has 1 heterocycles. The molecule has 1 amide bonds. The van der Waals surface area contributed by atoms with Crippen molar-refractivity contribution in [2.45, 2.75) is 46.1 Å². The first-order valence-electron chi connectivity index (χ1n) is 7.47. The van der Waals surface area contributed by atoms with E-state index in [-0.39, 0.29) is 5.91 Å². The molecule has 0 aromatic carbocycles. The molecule has 0 saturated heterocycles. The van der Waals surface area contributed by atoms with Gasteiger partial charge in [0, 0.05) is 24.2 Å². The molecular formula is C15H21N3O3. The first kappa shape index (κ1) is 14.1. The Morgan fingerprint density at radius 3 is 2.57 bits per heavy atom. The van der Waals surface area contributed by atoms with Crippen LogP contribution in [0.3, 0.4) is 0 Å². The minimum absolute atomic E-state index is 0.240. The highest BCUT2D eigenvalue weighted by Crippen LogP contribution is 2.58. The molecule has 0 aliphatic heterocycles. The van der Waals surface area contributed by atoms with Gasteiger partial charge in [-0.1, -0.05) is 13.8 Å². The van der Waals surface area contributed by atoms with E-state index in [1.807, 2.05) is 31.5 Å². The van der Waals surface area contributed by atoms with Gasteiger partial charge in [-0.2, -0.15) is 5.10 Å². The third-order valence-electron chi connectivity index (χ3n) is 4.73. The number of rotatable bonds is 5. The van der Waals surface area contributed by atoms with Crippen molar-refractivity contribution >= 4 is 17.7 Å². The average Bonchev–Trinajstić information content (AvgIpc) is 3.28. The smallest absolute Gasteiger partial charge is 0.307 e. The fourth-order valence-electron chi connectivity index (χ4n) is 3.25. The summed E-state index contributed by atoms with van der Waals surface area (Å²) in [5, 5.41) is 16.3. The second kappa shape index (κ2) is 4.58. The molecule has 2 saturated carbocycles. The summed E-state index contributed by atoms with van der Waals surface area (Å²) in [7, 11) is 0. The molecule has 2 N–H and O–H groups in total. The number of aliphatic carboxylic acids is 1. The van der Waals surface area contributed by atoms with E-state index in [2.05, 4.69) is 10.4 Å². The predicted octanol–water partition coefficient (Wildman–Crippen LogP) is 2.08. The Bertz CT molecular complexity index is 601. The van der Waals surface area contributed by atoms with Crippen molar-refractivity contribution < 1.29 is 14.7 Å². The number of hydrogen-bond acceptors (Lipinski definition) is 3. The summed E-state index contributed by atoms with van der Waals surface area (Å²) in [4.78, 5) is 23.4. The van der Waals surface area contributed by atoms with Gasteiger partial charge in [-0.15, -0.1) is 0 Å². The number of hydrogen-bond donors (Lipinski definition) is 2. The van der Waals surface area contributed by atoms with Crippen LogP contribution in [0.1, 0.15) is 45.2 Å². The predicted molar refractivity (Wildman–Crippen MR) is 76.9 cm³/mol. The first-order chi connectivity index (χ1) is 9.86. The number of anilines is 1. The molecule has 0 bridgehead atoms. The molecule has 2 aliphatic rings. The summed E-state index contributed by atoms with van der Waals surface area (Å²) in [6.45, 7) is 6.43. The number of carboxylic acid groups (broad SMARTS) is 1. The van der Waals surface area contributed by atoms with Crippen molar-refractivity contribution in [2.24, 2.45) is 17.3 Å². The lowest BCUT2D eigenvalue weighted by Gasteiger charge is -2.03. The molecule has 2 aliphatic carbocycles. The summed E-state index contributed by atoms with van der Waals surface area (Å²) < 4.78 is 1.92. The highest BCUT2D eigenvalue weighted by molar-refractivity contribution is 5.99. The van der Waals surface area contributed by atoms with Crippen LogP contribution in [0.15, 0.2) is 6.07 Å². The highest BCUT2D eigenvalue weighted by Gasteiger charge is 2.65. The number of carboxylic acids is 1. The zero-order valence-corrected chi connectivity index (χ0v) is 12.6. The second-order valence-electron chi connectivity index (χ2n) is 6.65. The molecule has 2 atom stereocenters. The third kappa shape index (κ3) is 2.32. The minimum Gasteiger partial charge on any atom is -0.481 e. The van der Waals surface area contributed by atoms with Crippen LogP contribution in [0.2, 0.25) is 0 Å². The number of carbonyl (C=O) groups excluding carboxylic acids is 1. The molecule has 0 spiro atoms. The summed E-state index contributed by atoms with van der Waals surface area (Å²) in [6, 6.07) is 1.92. The third-order valence-corrected chi connectivity index (χ3v) is 4.73. The van der Waals surface area contributed by atoms with Crippen LogP contribution in [0.4, 0.5) is 5.82 Å². The van der Waals surface area contributed by atoms with E-state index in [1.54, 1.807) is 0 Å². The van der Waals surface area contributed by atoms with Gasteiger partial charge in [0.25, 0.3) is 0 Å². The maximum absolute atomic E-state index is 12.3. The summed E-state index contributed by atoms with van der Waals surface area (Å²) in [6.07, 6.45) is 2.35. The molecule has 6 heteroatoms. The van der Waals surface area contributed by atoms with Gasteiger partial charge in [-0.25, -0.2) is 0 Å². The summed E-state index contributed by atoms with van der Waals surface area (Å²) in [5.74, 6) is -1.13. The minimum atomic E-state index is -0.905. The number of carbonyl (C=O) groups is 2. The number of aromatic nitrogens is 2. The van der Waals surface area contributed by atoms with Crippen LogP contribution < -0.4 is 5.32 Å². The van der Waals surface area contributed by atoms with Gasteiger partial charge in [-0.05, 0) is 25.2 Å². The number of amides is 1. The lowest BCUT2D eigenvalue weighted by molar-refractivity contribution is -0.140. The lowest BCUT2D eigenvalue weighted by atomic mass is 10.1. The normalized spacial score (nSPS) is 26.4. The van der Waals surface area contributed by atoms with E-state index in [9.17, 15) is 9.59 Å². The Labute approximate surface area is 123 Å². The molecule has 0 unspecified atom stereocenters. The van der Waals surface area contributed by atoms with Gasteiger partial charge in [0.05, 0.1) is 11.8 Å². The fraction of sp³-hybridized carbons (Fsp3) is 0.667. The van der Waals surface area contributed by atoms with Crippen LogP contribution in [-0.4, -0.2) is 26.8 Å². The Morgan fingerprint density at radius 2 is 2.10 bits per heavy atom. The van der Waals surface area contributed by atoms with E-state index >= 15 is 0 Å². The van der Waals surface area contributed by atoms with Gasteiger partial charge in [0.2, 0.25) is 5.91 Å². The SMILES string of the molecule is CCn1nc(NC(=O)[C@@H]2[C@H](C(=O)O)C2(C)C)cc1C1CC1. The van der Waals surface area contributed by atoms with Crippen LogP contribution in [0.25, 0.3) is 0 Å². The molecule has 3 rings (SSSR count). The van der Waals surface area contributed by atoms with Gasteiger partial charge < -0.3 is 10.4 Å². The van der Waals surface area contributed by atoms with Gasteiger partial charge in [0.15, 0.2) is 5.82 Å². The van der Waals surface area contributed by atoms with E-state index in [1.165, 1.54) is 12.8 Å². The summed E-state index contributed by atoms with van der Waals surface area (Å²) in [5.41, 5.74) is 0.681. The first-order valence-corrected chi connectivity index (χ1v) is 7.47. The Kier molecular flexibility index (Phi) is 3.07. The molecule has 21 heavy (non-hydrogen) atoms. The van der Waals surface area contributed by atoms with Gasteiger partial charge in [0.1, 0.15) is 0 Å². The molecule has 0 radical (unpaired) electrons. The maximum Gasteiger partial charge on any atom is 0.307 e. The van der Waals surface area contributed by atoms with Crippen molar-refractivity contribution in [1.82, 2.24) is 9.78 Å². The lowest BCUT2D eigenvalue weighted by Crippen LogP contribution is -2.18. The summed E-state index contributed by atoms with van der Waals surface area (Å²) >= 11 is 0. The second-order valence-corrected chi connectivity index (χ2v) is 6.65. The number of nitrogens with zero attached hydrogens (tertiary/aromatic N) is 2. The van der Waals surface area contributed by atoms with Crippen molar-refractivity contribution in [3.63, 3.8) is 0 Å². The number of aryl methyl sites for hydroxylation is 1. The molecule has 6 nitrogen and oxygen atoms in total. The molecule has 1 aromatic rings. The standard InChI is InChI=1S/C15H21N3O3/c1-4-18-9(8-5-6-8)7-10(17-18)16-13(19)11-12(14(20)21)15(11,2)3/h7-8,11-12H,4-6H2,1-3H3,(H,20,21)(H,16,17,19)/t11-,12+/m0/s1. The van der Waals surface area contributed by atoms with Gasteiger partial charge >= 0.3 is 5.97 Å². The van der Waals surface area contributed by atoms with Crippen LogP contribution in [-0.2, 0) is 16.1 Å². The Hall–Kier alpha value is -1.85. The maximum atomic E-state index is 12.3. The molecule has 1 aromatic heterocycles. The quantitative estimate of drug-likeness (QED) is 0.870. The average molecular weight is 291 g/mol. The Balaban J connectivity index is 1.72. The molecular weight excluding hydrogens is 270 g/mol. The fourth-order valence-corrected chi connectivity index (χ4v) is 3.25. The van der Waals surface area contributed by atoms with Crippen molar-refractivity contribution in [1.29, 1.82) is 0 Å². The zero-order chi connectivity index (χ0) is 15.4. The molecule has 114 valence electrons.